The molecule has 0 fully saturated rings. The average Bonchev–Trinajstić information content (AvgIpc) is 3.73. The van der Waals surface area contributed by atoms with Gasteiger partial charge in [-0.3, -0.25) is 9.59 Å². The van der Waals surface area contributed by atoms with Crippen LogP contribution in [0.2, 0.25) is 0 Å². The van der Waals surface area contributed by atoms with Gasteiger partial charge in [0, 0.05) is 34.8 Å². The Morgan fingerprint density at radius 1 is 1.04 bits per heavy atom. The molecule has 0 aliphatic heterocycles. The van der Waals surface area contributed by atoms with E-state index < -0.39 is 17.9 Å². The number of nitrogen functional groups attached to an aromatic ring is 2. The molecule has 8 N–H and O–H groups in total. The van der Waals surface area contributed by atoms with Gasteiger partial charge in [-0.15, -0.1) is 10.2 Å². The molecule has 0 aliphatic carbocycles. The molecule has 2 amide bonds. The number of amides is 2. The molecule has 17 nitrogen and oxygen atoms in total. The van der Waals surface area contributed by atoms with Crippen molar-refractivity contribution in [3.05, 3.63) is 77.2 Å². The highest BCUT2D eigenvalue weighted by Gasteiger charge is 2.22. The summed E-state index contributed by atoms with van der Waals surface area (Å²) < 4.78 is 1.93. The van der Waals surface area contributed by atoms with E-state index in [9.17, 15) is 19.5 Å². The molecule has 0 bridgehead atoms. The van der Waals surface area contributed by atoms with E-state index in [1.807, 2.05) is 23.8 Å². The fraction of sp³-hybridized carbons (Fsp3) is 0.200. The van der Waals surface area contributed by atoms with E-state index in [1.54, 1.807) is 42.6 Å². The Bertz CT molecular complexity index is 2130. The van der Waals surface area contributed by atoms with Crippen LogP contribution in [0.15, 0.2) is 54.9 Å². The van der Waals surface area contributed by atoms with Crippen LogP contribution in [0.25, 0.3) is 33.5 Å². The van der Waals surface area contributed by atoms with Crippen LogP contribution >= 0.6 is 0 Å². The van der Waals surface area contributed by atoms with E-state index in [0.717, 1.165) is 16.5 Å². The maximum atomic E-state index is 13.1. The number of carboxylic acids is 1. The summed E-state index contributed by atoms with van der Waals surface area (Å²) in [4.78, 5) is 54.7. The minimum Gasteiger partial charge on any atom is -0.480 e. The average molecular weight is 636 g/mol. The third kappa shape index (κ3) is 6.63. The number of aromatic amines is 1. The summed E-state index contributed by atoms with van der Waals surface area (Å²) in [7, 11) is 0. The molecule has 2 aromatic carbocycles. The SMILES string of the molecule is Cc1ccc(C(=O)NCCC[C@H](NC(=O)c2ccc3c(ccn3Cc3cnc4nc(N)nc(N)c4n3)c2)C(=O)O)c(-c2nn[nH]n2)c1. The zero-order valence-electron chi connectivity index (χ0n) is 25.0. The van der Waals surface area contributed by atoms with Crippen LogP contribution in [-0.2, 0) is 11.3 Å². The second kappa shape index (κ2) is 12.8. The number of rotatable bonds is 11. The van der Waals surface area contributed by atoms with Gasteiger partial charge in [0.2, 0.25) is 11.8 Å². The number of nitrogens with one attached hydrogen (secondary N) is 3. The number of fused-ring (bicyclic) bond motifs is 2. The number of nitrogens with zero attached hydrogens (tertiary/aromatic N) is 8. The Kier molecular flexibility index (Phi) is 8.33. The van der Waals surface area contributed by atoms with Crippen molar-refractivity contribution in [2.75, 3.05) is 18.0 Å². The molecule has 0 unspecified atom stereocenters. The van der Waals surface area contributed by atoms with Gasteiger partial charge >= 0.3 is 5.97 Å². The lowest BCUT2D eigenvalue weighted by Gasteiger charge is -2.15. The lowest BCUT2D eigenvalue weighted by molar-refractivity contribution is -0.139. The molecule has 6 aromatic rings. The number of aromatic nitrogens is 9. The first-order valence-electron chi connectivity index (χ1n) is 14.5. The molecule has 0 aliphatic rings. The summed E-state index contributed by atoms with van der Waals surface area (Å²) in [6.45, 7) is 2.43. The second-order valence-corrected chi connectivity index (χ2v) is 10.8. The minimum absolute atomic E-state index is 0.0161. The summed E-state index contributed by atoms with van der Waals surface area (Å²) in [6.07, 6.45) is 3.82. The quantitative estimate of drug-likeness (QED) is 0.110. The molecule has 0 saturated heterocycles. The van der Waals surface area contributed by atoms with Gasteiger partial charge < -0.3 is 31.8 Å². The van der Waals surface area contributed by atoms with Gasteiger partial charge in [-0.25, -0.2) is 14.8 Å². The van der Waals surface area contributed by atoms with E-state index in [2.05, 4.69) is 51.2 Å². The zero-order chi connectivity index (χ0) is 33.1. The summed E-state index contributed by atoms with van der Waals surface area (Å²) in [5.74, 6) is -1.64. The van der Waals surface area contributed by atoms with E-state index in [4.69, 9.17) is 11.5 Å². The Morgan fingerprint density at radius 3 is 2.68 bits per heavy atom. The Labute approximate surface area is 265 Å². The summed E-state index contributed by atoms with van der Waals surface area (Å²) in [5, 5.41) is 29.8. The van der Waals surface area contributed by atoms with Crippen LogP contribution < -0.4 is 22.1 Å². The highest BCUT2D eigenvalue weighted by molar-refractivity contribution is 6.01. The topological polar surface area (TPSA) is 258 Å². The van der Waals surface area contributed by atoms with Crippen molar-refractivity contribution >= 4 is 51.6 Å². The Hall–Kier alpha value is -6.52. The first kappa shape index (κ1) is 30.5. The van der Waals surface area contributed by atoms with E-state index >= 15 is 0 Å². The molecule has 0 spiro atoms. The lowest BCUT2D eigenvalue weighted by atomic mass is 10.0. The smallest absolute Gasteiger partial charge is 0.326 e. The van der Waals surface area contributed by atoms with Crippen LogP contribution in [0.1, 0.15) is 44.8 Å². The largest absolute Gasteiger partial charge is 0.480 e. The van der Waals surface area contributed by atoms with Gasteiger partial charge in [0.05, 0.1) is 24.0 Å². The number of carbonyl (C=O) groups is 3. The predicted molar refractivity (Wildman–Crippen MR) is 170 cm³/mol. The maximum absolute atomic E-state index is 13.1. The van der Waals surface area contributed by atoms with E-state index in [-0.39, 0.29) is 36.5 Å². The van der Waals surface area contributed by atoms with Crippen molar-refractivity contribution in [1.82, 2.24) is 55.8 Å². The van der Waals surface area contributed by atoms with Crippen molar-refractivity contribution in [2.45, 2.75) is 32.4 Å². The zero-order valence-corrected chi connectivity index (χ0v) is 25.0. The highest BCUT2D eigenvalue weighted by Crippen LogP contribution is 2.22. The molecule has 0 saturated carbocycles. The highest BCUT2D eigenvalue weighted by atomic mass is 16.4. The number of hydrogen-bond donors (Lipinski definition) is 6. The van der Waals surface area contributed by atoms with E-state index in [1.165, 1.54) is 0 Å². The van der Waals surface area contributed by atoms with Crippen LogP contribution in [0.3, 0.4) is 0 Å². The number of aryl methyl sites for hydroxylation is 1. The fourth-order valence-electron chi connectivity index (χ4n) is 5.13. The number of carbonyl (C=O) groups excluding carboxylic acids is 2. The molecule has 238 valence electrons. The Balaban J connectivity index is 1.06. The van der Waals surface area contributed by atoms with Gasteiger partial charge in [0.15, 0.2) is 17.0 Å². The number of carboxylic acid groups (broad SMARTS) is 1. The number of anilines is 2. The lowest BCUT2D eigenvalue weighted by Crippen LogP contribution is -2.41. The van der Waals surface area contributed by atoms with Crippen LogP contribution in [0.4, 0.5) is 11.8 Å². The number of tetrazole rings is 1. The molecule has 6 rings (SSSR count). The maximum Gasteiger partial charge on any atom is 0.326 e. The summed E-state index contributed by atoms with van der Waals surface area (Å²) >= 11 is 0. The van der Waals surface area contributed by atoms with Gasteiger partial charge in [0.1, 0.15) is 6.04 Å². The molecular weight excluding hydrogens is 606 g/mol. The van der Waals surface area contributed by atoms with Gasteiger partial charge in [-0.1, -0.05) is 11.6 Å². The normalized spacial score (nSPS) is 11.9. The summed E-state index contributed by atoms with van der Waals surface area (Å²) in [5.41, 5.74) is 15.8. The van der Waals surface area contributed by atoms with Crippen LogP contribution in [0.5, 0.6) is 0 Å². The predicted octanol–water partition coefficient (Wildman–Crippen LogP) is 1.47. The van der Waals surface area contributed by atoms with Crippen molar-refractivity contribution in [3.8, 4) is 11.4 Å². The van der Waals surface area contributed by atoms with E-state index in [0.29, 0.717) is 46.5 Å². The Morgan fingerprint density at radius 2 is 1.89 bits per heavy atom. The number of aliphatic carboxylic acids is 1. The van der Waals surface area contributed by atoms with Crippen molar-refractivity contribution in [2.24, 2.45) is 0 Å². The number of nitrogens with two attached hydrogens (primary N) is 2. The van der Waals surface area contributed by atoms with Gasteiger partial charge in [0.25, 0.3) is 11.8 Å². The standard InChI is InChI=1S/C30H29N13O4/c1-15-4-6-19(20(11-15)25-39-41-42-40-25)28(45)33-9-2-3-21(29(46)47)36-27(44)17-5-7-22-16(12-17)8-10-43(22)14-18-13-34-26-23(35-18)24(31)37-30(32)38-26/h4-8,10-13,21H,2-3,9,14H2,1H3,(H,33,45)(H,36,44)(H,46,47)(H,39,40,41,42)(H4,31,32,34,37,38)/t21-/m0/s1. The fourth-order valence-corrected chi connectivity index (χ4v) is 5.13. The first-order valence-corrected chi connectivity index (χ1v) is 14.5. The van der Waals surface area contributed by atoms with Crippen molar-refractivity contribution in [1.29, 1.82) is 0 Å². The molecule has 1 atom stereocenters. The number of benzene rings is 2. The monoisotopic (exact) mass is 635 g/mol. The molecule has 0 radical (unpaired) electrons. The number of H-pyrrole nitrogens is 1. The third-order valence-corrected chi connectivity index (χ3v) is 7.43. The molecule has 4 heterocycles. The summed E-state index contributed by atoms with van der Waals surface area (Å²) in [6, 6.07) is 11.0. The molecule has 17 heteroatoms. The third-order valence-electron chi connectivity index (χ3n) is 7.43. The number of hydrogen-bond acceptors (Lipinski definition) is 12. The van der Waals surface area contributed by atoms with Gasteiger partial charge in [-0.2, -0.15) is 15.2 Å². The van der Waals surface area contributed by atoms with Gasteiger partial charge in [-0.05, 0) is 61.4 Å². The van der Waals surface area contributed by atoms with Crippen molar-refractivity contribution in [3.63, 3.8) is 0 Å². The molecular formula is C30H29N13O4. The molecule has 47 heavy (non-hydrogen) atoms. The minimum atomic E-state index is -1.18. The van der Waals surface area contributed by atoms with Crippen molar-refractivity contribution < 1.29 is 19.5 Å². The second-order valence-electron chi connectivity index (χ2n) is 10.8. The van der Waals surface area contributed by atoms with Crippen LogP contribution in [0, 0.1) is 6.92 Å². The van der Waals surface area contributed by atoms with Crippen LogP contribution in [-0.4, -0.2) is 80.6 Å². The molecule has 4 aromatic heterocycles. The first-order chi connectivity index (χ1) is 22.7.